The molecule has 0 spiro atoms. The zero-order valence-corrected chi connectivity index (χ0v) is 15.7. The van der Waals surface area contributed by atoms with Gasteiger partial charge in [-0.15, -0.1) is 0 Å². The molecule has 0 saturated heterocycles. The summed E-state index contributed by atoms with van der Waals surface area (Å²) in [7, 11) is 2.10. The molecule has 0 radical (unpaired) electrons. The zero-order valence-electron chi connectivity index (χ0n) is 15.7. The lowest BCUT2D eigenvalue weighted by atomic mass is 10.00. The number of aromatic nitrogens is 1. The minimum atomic E-state index is 0.451. The predicted octanol–water partition coefficient (Wildman–Crippen LogP) is 4.61. The molecule has 1 heterocycles. The molecule has 0 aliphatic heterocycles. The van der Waals surface area contributed by atoms with Gasteiger partial charge in [0.15, 0.2) is 0 Å². The van der Waals surface area contributed by atoms with Crippen molar-refractivity contribution in [2.24, 2.45) is 0 Å². The minimum absolute atomic E-state index is 0.451. The second-order valence-corrected chi connectivity index (χ2v) is 6.69. The molecule has 0 aliphatic rings. The molecule has 0 fully saturated rings. The van der Waals surface area contributed by atoms with E-state index in [1.807, 2.05) is 18.3 Å². The van der Waals surface area contributed by atoms with Crippen molar-refractivity contribution in [3.05, 3.63) is 53.9 Å². The number of pyridine rings is 1. The molecule has 2 rings (SSSR count). The number of benzene rings is 1. The molecule has 1 atom stereocenters. The van der Waals surface area contributed by atoms with Crippen molar-refractivity contribution < 1.29 is 4.74 Å². The predicted molar refractivity (Wildman–Crippen MR) is 106 cm³/mol. The van der Waals surface area contributed by atoms with Crippen molar-refractivity contribution in [2.75, 3.05) is 30.9 Å². The van der Waals surface area contributed by atoms with Gasteiger partial charge >= 0.3 is 0 Å². The van der Waals surface area contributed by atoms with E-state index >= 15 is 0 Å². The minimum Gasteiger partial charge on any atom is -0.399 e. The van der Waals surface area contributed by atoms with Crippen molar-refractivity contribution in [2.45, 2.75) is 45.6 Å². The third-order valence-corrected chi connectivity index (χ3v) is 4.38. The molecule has 25 heavy (non-hydrogen) atoms. The van der Waals surface area contributed by atoms with Gasteiger partial charge in [0.1, 0.15) is 0 Å². The molecule has 0 saturated carbocycles. The van der Waals surface area contributed by atoms with E-state index in [4.69, 9.17) is 10.5 Å². The highest BCUT2D eigenvalue weighted by Crippen LogP contribution is 2.21. The molecule has 0 aliphatic carbocycles. The van der Waals surface area contributed by atoms with E-state index in [9.17, 15) is 0 Å². The van der Waals surface area contributed by atoms with E-state index in [-0.39, 0.29) is 0 Å². The molecule has 136 valence electrons. The molecule has 1 aromatic heterocycles. The third-order valence-electron chi connectivity index (χ3n) is 4.38. The smallest absolute Gasteiger partial charge is 0.0466 e. The Labute approximate surface area is 152 Å². The van der Waals surface area contributed by atoms with E-state index in [0.717, 1.165) is 50.4 Å². The van der Waals surface area contributed by atoms with E-state index in [0.29, 0.717) is 5.92 Å². The first-order valence-electron chi connectivity index (χ1n) is 9.19. The first-order chi connectivity index (χ1) is 12.1. The fraction of sp³-hybridized carbons (Fsp3) is 0.476. The topological polar surface area (TPSA) is 51.4 Å². The summed E-state index contributed by atoms with van der Waals surface area (Å²) >= 11 is 0. The number of rotatable bonds is 10. The summed E-state index contributed by atoms with van der Waals surface area (Å²) in [6.07, 6.45) is 5.19. The molecular weight excluding hydrogens is 310 g/mol. The van der Waals surface area contributed by atoms with Crippen molar-refractivity contribution in [1.82, 2.24) is 4.98 Å². The van der Waals surface area contributed by atoms with Gasteiger partial charge in [0.05, 0.1) is 0 Å². The van der Waals surface area contributed by atoms with Crippen molar-refractivity contribution >= 4 is 11.4 Å². The third kappa shape index (κ3) is 6.39. The van der Waals surface area contributed by atoms with Gasteiger partial charge in [0, 0.05) is 50.1 Å². The normalized spacial score (nSPS) is 12.1. The second kappa shape index (κ2) is 10.0. The van der Waals surface area contributed by atoms with E-state index in [2.05, 4.69) is 55.0 Å². The number of hydrogen-bond acceptors (Lipinski definition) is 4. The maximum Gasteiger partial charge on any atom is 0.0466 e. The Kier molecular flexibility index (Phi) is 7.74. The zero-order chi connectivity index (χ0) is 18.1. The molecule has 1 unspecified atom stereocenters. The number of nitrogens with two attached hydrogens (primary N) is 1. The summed E-state index contributed by atoms with van der Waals surface area (Å²) in [5.41, 5.74) is 10.2. The number of anilines is 2. The van der Waals surface area contributed by atoms with Crippen LogP contribution in [0.1, 0.15) is 50.3 Å². The van der Waals surface area contributed by atoms with Gasteiger partial charge in [-0.05, 0) is 67.1 Å². The standard InChI is InChI=1S/C21H31N3O/c1-4-13-25-14-5-6-17(2)21-15-18(11-12-23-21)16-24(3)20-9-7-19(22)8-10-20/h7-12,15,17H,4-6,13-14,16,22H2,1-3H3. The summed E-state index contributed by atoms with van der Waals surface area (Å²) in [5.74, 6) is 0.451. The number of nitrogen functional groups attached to an aromatic ring is 1. The van der Waals surface area contributed by atoms with Crippen LogP contribution in [0.15, 0.2) is 42.6 Å². The van der Waals surface area contributed by atoms with Gasteiger partial charge < -0.3 is 15.4 Å². The van der Waals surface area contributed by atoms with Gasteiger partial charge in [-0.1, -0.05) is 13.8 Å². The lowest BCUT2D eigenvalue weighted by molar-refractivity contribution is 0.130. The highest BCUT2D eigenvalue weighted by atomic mass is 16.5. The fourth-order valence-corrected chi connectivity index (χ4v) is 2.84. The van der Waals surface area contributed by atoms with Crippen LogP contribution in [-0.4, -0.2) is 25.2 Å². The quantitative estimate of drug-likeness (QED) is 0.506. The number of nitrogens with zero attached hydrogens (tertiary/aromatic N) is 2. The van der Waals surface area contributed by atoms with Crippen molar-refractivity contribution in [3.8, 4) is 0 Å². The molecule has 2 aromatic rings. The Morgan fingerprint density at radius 3 is 2.64 bits per heavy atom. The Morgan fingerprint density at radius 1 is 1.16 bits per heavy atom. The van der Waals surface area contributed by atoms with E-state index in [1.165, 1.54) is 11.3 Å². The van der Waals surface area contributed by atoms with Crippen LogP contribution in [0, 0.1) is 0 Å². The van der Waals surface area contributed by atoms with Crippen LogP contribution in [0.5, 0.6) is 0 Å². The van der Waals surface area contributed by atoms with Gasteiger partial charge in [-0.2, -0.15) is 0 Å². The first kappa shape index (κ1) is 19.3. The monoisotopic (exact) mass is 341 g/mol. The molecule has 0 amide bonds. The summed E-state index contributed by atoms with van der Waals surface area (Å²) in [5, 5.41) is 0. The van der Waals surface area contributed by atoms with Gasteiger partial charge in [0.2, 0.25) is 0 Å². The number of hydrogen-bond donors (Lipinski definition) is 1. The highest BCUT2D eigenvalue weighted by Gasteiger charge is 2.09. The van der Waals surface area contributed by atoms with E-state index < -0.39 is 0 Å². The first-order valence-corrected chi connectivity index (χ1v) is 9.19. The molecule has 0 bridgehead atoms. The lowest BCUT2D eigenvalue weighted by Crippen LogP contribution is -2.16. The molecule has 2 N–H and O–H groups in total. The highest BCUT2D eigenvalue weighted by molar-refractivity contribution is 5.52. The van der Waals surface area contributed by atoms with Crippen LogP contribution in [0.2, 0.25) is 0 Å². The van der Waals surface area contributed by atoms with Gasteiger partial charge in [-0.3, -0.25) is 4.98 Å². The second-order valence-electron chi connectivity index (χ2n) is 6.69. The van der Waals surface area contributed by atoms with Crippen LogP contribution < -0.4 is 10.6 Å². The maximum atomic E-state index is 5.76. The SMILES string of the molecule is CCCOCCCC(C)c1cc(CN(C)c2ccc(N)cc2)ccn1. The largest absolute Gasteiger partial charge is 0.399 e. The molecular formula is C21H31N3O. The molecule has 1 aromatic carbocycles. The van der Waals surface area contributed by atoms with Crippen LogP contribution >= 0.6 is 0 Å². The van der Waals surface area contributed by atoms with Gasteiger partial charge in [-0.25, -0.2) is 0 Å². The number of ether oxygens (including phenoxy) is 1. The molecule has 4 heteroatoms. The average Bonchev–Trinajstić information content (AvgIpc) is 2.62. The van der Waals surface area contributed by atoms with Crippen molar-refractivity contribution in [3.63, 3.8) is 0 Å². The van der Waals surface area contributed by atoms with Crippen LogP contribution in [0.25, 0.3) is 0 Å². The Balaban J connectivity index is 1.90. The van der Waals surface area contributed by atoms with Crippen LogP contribution in [0.4, 0.5) is 11.4 Å². The Morgan fingerprint density at radius 2 is 1.92 bits per heavy atom. The average molecular weight is 341 g/mol. The molecule has 4 nitrogen and oxygen atoms in total. The lowest BCUT2D eigenvalue weighted by Gasteiger charge is -2.20. The Hall–Kier alpha value is -2.07. The summed E-state index contributed by atoms with van der Waals surface area (Å²) in [6, 6.07) is 12.3. The van der Waals surface area contributed by atoms with E-state index in [1.54, 1.807) is 0 Å². The van der Waals surface area contributed by atoms with Gasteiger partial charge in [0.25, 0.3) is 0 Å². The van der Waals surface area contributed by atoms with Crippen LogP contribution in [0.3, 0.4) is 0 Å². The van der Waals surface area contributed by atoms with Crippen LogP contribution in [-0.2, 0) is 11.3 Å². The summed E-state index contributed by atoms with van der Waals surface area (Å²) in [4.78, 5) is 6.79. The Bertz CT molecular complexity index is 627. The summed E-state index contributed by atoms with van der Waals surface area (Å²) < 4.78 is 5.57. The van der Waals surface area contributed by atoms with Crippen molar-refractivity contribution in [1.29, 1.82) is 0 Å². The fourth-order valence-electron chi connectivity index (χ4n) is 2.84. The maximum absolute atomic E-state index is 5.76. The summed E-state index contributed by atoms with van der Waals surface area (Å²) in [6.45, 7) is 6.94.